The summed E-state index contributed by atoms with van der Waals surface area (Å²) < 4.78 is 10.4. The number of aryl methyl sites for hydroxylation is 1. The Morgan fingerprint density at radius 1 is 1.03 bits per heavy atom. The third-order valence-corrected chi connectivity index (χ3v) is 4.83. The van der Waals surface area contributed by atoms with Crippen LogP contribution in [0.25, 0.3) is 0 Å². The van der Waals surface area contributed by atoms with E-state index in [9.17, 15) is 9.59 Å². The Balaban J connectivity index is 1.94. The molecule has 174 valence electrons. The maximum Gasteiger partial charge on any atom is 0.309 e. The van der Waals surface area contributed by atoms with E-state index in [2.05, 4.69) is 24.5 Å². The van der Waals surface area contributed by atoms with Crippen LogP contribution >= 0.6 is 0 Å². The molecule has 0 spiro atoms. The van der Waals surface area contributed by atoms with Crippen molar-refractivity contribution < 1.29 is 24.2 Å². The molecule has 0 saturated carbocycles. The molecule has 0 fully saturated rings. The third kappa shape index (κ3) is 8.98. The maximum absolute atomic E-state index is 12.3. The molecule has 1 amide bonds. The number of hydrogen-bond donors (Lipinski definition) is 2. The molecular weight excluding hydrogens is 408 g/mol. The lowest BCUT2D eigenvalue weighted by molar-refractivity contribution is -0.145. The van der Waals surface area contributed by atoms with E-state index in [1.165, 1.54) is 43.2 Å². The summed E-state index contributed by atoms with van der Waals surface area (Å²) in [6, 6.07) is 15.2. The fourth-order valence-electron chi connectivity index (χ4n) is 3.16. The van der Waals surface area contributed by atoms with Crippen LogP contribution < -0.4 is 15.2 Å². The Morgan fingerprint density at radius 2 is 1.81 bits per heavy atom. The fraction of sp³-hybridized carbons (Fsp3) is 0.440. The van der Waals surface area contributed by atoms with Gasteiger partial charge in [0.25, 0.3) is 0 Å². The number of anilines is 2. The Bertz CT molecular complexity index is 838. The topological polar surface area (TPSA) is 88.1 Å². The van der Waals surface area contributed by atoms with Gasteiger partial charge in [-0.1, -0.05) is 44.4 Å². The number of hydrazine groups is 1. The van der Waals surface area contributed by atoms with Gasteiger partial charge in [-0.15, -0.1) is 0 Å². The average Bonchev–Trinajstić information content (AvgIpc) is 2.79. The first-order valence-corrected chi connectivity index (χ1v) is 11.2. The number of aliphatic hydroxyl groups excluding tert-OH is 1. The third-order valence-electron chi connectivity index (χ3n) is 4.83. The number of esters is 1. The van der Waals surface area contributed by atoms with E-state index in [4.69, 9.17) is 14.6 Å². The number of amides is 1. The smallest absolute Gasteiger partial charge is 0.309 e. The van der Waals surface area contributed by atoms with Crippen molar-refractivity contribution in [3.8, 4) is 5.75 Å². The number of nitrogens with one attached hydrogen (secondary N) is 1. The highest BCUT2D eigenvalue weighted by molar-refractivity contribution is 5.93. The lowest BCUT2D eigenvalue weighted by atomic mass is 10.1. The molecule has 0 aromatic heterocycles. The Labute approximate surface area is 190 Å². The molecule has 2 aromatic carbocycles. The van der Waals surface area contributed by atoms with Crippen molar-refractivity contribution in [3.63, 3.8) is 0 Å². The number of rotatable bonds is 14. The number of aliphatic hydroxyl groups is 1. The van der Waals surface area contributed by atoms with E-state index in [0.29, 0.717) is 11.4 Å². The van der Waals surface area contributed by atoms with Crippen molar-refractivity contribution in [3.05, 3.63) is 54.1 Å². The molecule has 32 heavy (non-hydrogen) atoms. The molecular formula is C25H34N2O5. The number of hydrogen-bond acceptors (Lipinski definition) is 6. The lowest BCUT2D eigenvalue weighted by Crippen LogP contribution is -2.34. The summed E-state index contributed by atoms with van der Waals surface area (Å²) in [7, 11) is 0. The van der Waals surface area contributed by atoms with Gasteiger partial charge in [0.05, 0.1) is 31.0 Å². The minimum Gasteiger partial charge on any atom is -0.493 e. The number of unbranched alkanes of at least 4 members (excludes halogenated alkanes) is 3. The maximum atomic E-state index is 12.3. The van der Waals surface area contributed by atoms with Gasteiger partial charge in [0.1, 0.15) is 12.4 Å². The molecule has 0 aliphatic carbocycles. The molecule has 0 saturated heterocycles. The Kier molecular flexibility index (Phi) is 11.1. The summed E-state index contributed by atoms with van der Waals surface area (Å²) in [5, 5.41) is 10.2. The molecule has 0 heterocycles. The fourth-order valence-corrected chi connectivity index (χ4v) is 3.16. The second-order valence-electron chi connectivity index (χ2n) is 7.51. The predicted molar refractivity (Wildman–Crippen MR) is 126 cm³/mol. The summed E-state index contributed by atoms with van der Waals surface area (Å²) in [4.78, 5) is 23.7. The summed E-state index contributed by atoms with van der Waals surface area (Å²) in [6.07, 6.45) is 6.02. The van der Waals surface area contributed by atoms with Gasteiger partial charge in [0, 0.05) is 13.0 Å². The zero-order valence-corrected chi connectivity index (χ0v) is 19.0. The van der Waals surface area contributed by atoms with Crippen molar-refractivity contribution in [1.82, 2.24) is 0 Å². The van der Waals surface area contributed by atoms with Gasteiger partial charge < -0.3 is 14.6 Å². The van der Waals surface area contributed by atoms with Crippen molar-refractivity contribution in [2.24, 2.45) is 0 Å². The van der Waals surface area contributed by atoms with Gasteiger partial charge >= 0.3 is 5.97 Å². The van der Waals surface area contributed by atoms with E-state index in [-0.39, 0.29) is 32.1 Å². The van der Waals surface area contributed by atoms with Crippen LogP contribution in [-0.2, 0) is 20.7 Å². The summed E-state index contributed by atoms with van der Waals surface area (Å²) in [5.74, 6) is -0.000529. The molecule has 2 N–H and O–H groups in total. The molecule has 0 aliphatic heterocycles. The van der Waals surface area contributed by atoms with Crippen LogP contribution in [0.2, 0.25) is 0 Å². The highest BCUT2D eigenvalue weighted by Gasteiger charge is 2.12. The first kappa shape index (κ1) is 25.2. The van der Waals surface area contributed by atoms with E-state index in [1.807, 2.05) is 18.2 Å². The van der Waals surface area contributed by atoms with Crippen LogP contribution in [0, 0.1) is 0 Å². The van der Waals surface area contributed by atoms with Gasteiger partial charge in [-0.25, -0.2) is 5.01 Å². The molecule has 2 rings (SSSR count). The van der Waals surface area contributed by atoms with E-state index < -0.39 is 5.97 Å². The molecule has 0 radical (unpaired) electrons. The minimum absolute atomic E-state index is 0.0149. The van der Waals surface area contributed by atoms with Crippen LogP contribution in [0.5, 0.6) is 5.75 Å². The Morgan fingerprint density at radius 3 is 2.50 bits per heavy atom. The van der Waals surface area contributed by atoms with Crippen LogP contribution in [0.15, 0.2) is 48.5 Å². The van der Waals surface area contributed by atoms with Crippen molar-refractivity contribution in [1.29, 1.82) is 0 Å². The number of nitrogens with zero attached hydrogens (tertiary/aromatic N) is 1. The normalized spacial score (nSPS) is 10.5. The van der Waals surface area contributed by atoms with Gasteiger partial charge in [-0.05, 0) is 42.7 Å². The van der Waals surface area contributed by atoms with E-state index in [1.54, 1.807) is 18.2 Å². The number of ether oxygens (including phenoxy) is 2. The van der Waals surface area contributed by atoms with Crippen molar-refractivity contribution in [2.45, 2.75) is 52.4 Å². The van der Waals surface area contributed by atoms with Gasteiger partial charge in [0.2, 0.25) is 5.91 Å². The van der Waals surface area contributed by atoms with Crippen LogP contribution in [-0.4, -0.2) is 36.8 Å². The van der Waals surface area contributed by atoms with Crippen molar-refractivity contribution in [2.75, 3.05) is 30.3 Å². The molecule has 7 heteroatoms. The zero-order valence-electron chi connectivity index (χ0n) is 19.0. The largest absolute Gasteiger partial charge is 0.493 e. The molecule has 0 bridgehead atoms. The quantitative estimate of drug-likeness (QED) is 0.255. The lowest BCUT2D eigenvalue weighted by Gasteiger charge is -2.23. The van der Waals surface area contributed by atoms with Crippen LogP contribution in [0.3, 0.4) is 0 Å². The highest BCUT2D eigenvalue weighted by atomic mass is 16.5. The molecule has 2 aromatic rings. The summed E-state index contributed by atoms with van der Waals surface area (Å²) >= 11 is 0. The van der Waals surface area contributed by atoms with Crippen LogP contribution in [0.1, 0.15) is 51.5 Å². The monoisotopic (exact) mass is 442 g/mol. The first-order valence-electron chi connectivity index (χ1n) is 11.2. The summed E-state index contributed by atoms with van der Waals surface area (Å²) in [6.45, 7) is 3.65. The Hall–Kier alpha value is -3.06. The standard InChI is InChI=1S/C25H34N2O5/c1-3-4-5-6-8-21-11-13-23(14-12-21)27(20(2)29)26-22-9-7-10-24(19-22)31-17-15-25(30)32-18-16-28/h7,9-14,19,26,28H,3-6,8,15-18H2,1-2H3. The zero-order chi connectivity index (χ0) is 23.2. The molecule has 0 atom stereocenters. The molecule has 7 nitrogen and oxygen atoms in total. The highest BCUT2D eigenvalue weighted by Crippen LogP contribution is 2.22. The first-order chi connectivity index (χ1) is 15.5. The minimum atomic E-state index is -0.426. The second-order valence-corrected chi connectivity index (χ2v) is 7.51. The van der Waals surface area contributed by atoms with E-state index in [0.717, 1.165) is 12.1 Å². The van der Waals surface area contributed by atoms with Gasteiger partial charge in [-0.2, -0.15) is 0 Å². The molecule has 0 unspecified atom stereocenters. The number of benzene rings is 2. The second kappa shape index (κ2) is 14.1. The SMILES string of the molecule is CCCCCCc1ccc(N(Nc2cccc(OCCC(=O)OCCO)c2)C(C)=O)cc1. The van der Waals surface area contributed by atoms with Crippen LogP contribution in [0.4, 0.5) is 11.4 Å². The average molecular weight is 443 g/mol. The predicted octanol–water partition coefficient (Wildman–Crippen LogP) is 4.49. The molecule has 0 aliphatic rings. The van der Waals surface area contributed by atoms with Gasteiger partial charge in [0.15, 0.2) is 0 Å². The number of carbonyl (C=O) groups is 2. The summed E-state index contributed by atoms with van der Waals surface area (Å²) in [5.41, 5.74) is 5.83. The van der Waals surface area contributed by atoms with Crippen molar-refractivity contribution >= 4 is 23.3 Å². The number of carbonyl (C=O) groups excluding carboxylic acids is 2. The van der Waals surface area contributed by atoms with Gasteiger partial charge in [-0.3, -0.25) is 15.0 Å². The van der Waals surface area contributed by atoms with E-state index >= 15 is 0 Å².